The molecule has 0 atom stereocenters. The monoisotopic (exact) mass is 389 g/mol. The van der Waals surface area contributed by atoms with Crippen molar-refractivity contribution in [2.75, 3.05) is 7.05 Å². The van der Waals surface area contributed by atoms with Crippen molar-refractivity contribution in [2.45, 2.75) is 16.3 Å². The molecular weight excluding hydrogens is 373 g/mol. The standard InChI is InChI=1S/C19H16FNO5S/c1-21(19(22)23)12-13-11-17(27(24,25)14-7-3-2-4-8-14)18(26-13)15-9-5-6-10-16(15)20/h2-11H,12H2,1H3,(H,22,23). The van der Waals surface area contributed by atoms with Gasteiger partial charge in [0.05, 0.1) is 17.0 Å². The number of amides is 1. The van der Waals surface area contributed by atoms with Crippen molar-refractivity contribution >= 4 is 15.9 Å². The lowest BCUT2D eigenvalue weighted by molar-refractivity contribution is 0.150. The van der Waals surface area contributed by atoms with E-state index < -0.39 is 21.7 Å². The van der Waals surface area contributed by atoms with Gasteiger partial charge in [-0.15, -0.1) is 0 Å². The molecule has 3 aromatic rings. The predicted molar refractivity (Wildman–Crippen MR) is 95.5 cm³/mol. The lowest BCUT2D eigenvalue weighted by atomic mass is 10.1. The number of nitrogens with zero attached hydrogens (tertiary/aromatic N) is 1. The van der Waals surface area contributed by atoms with Crippen molar-refractivity contribution in [2.24, 2.45) is 0 Å². The van der Waals surface area contributed by atoms with Crippen LogP contribution in [0.25, 0.3) is 11.3 Å². The summed E-state index contributed by atoms with van der Waals surface area (Å²) in [5.41, 5.74) is -0.0174. The number of hydrogen-bond donors (Lipinski definition) is 1. The predicted octanol–water partition coefficient (Wildman–Crippen LogP) is 4.03. The molecule has 6 nitrogen and oxygen atoms in total. The first-order valence-electron chi connectivity index (χ1n) is 7.92. The molecule has 1 aromatic heterocycles. The molecule has 0 saturated carbocycles. The van der Waals surface area contributed by atoms with Gasteiger partial charge in [-0.25, -0.2) is 17.6 Å². The maximum Gasteiger partial charge on any atom is 0.407 e. The summed E-state index contributed by atoms with van der Waals surface area (Å²) in [4.78, 5) is 11.8. The summed E-state index contributed by atoms with van der Waals surface area (Å²) >= 11 is 0. The minimum absolute atomic E-state index is 0.0174. The van der Waals surface area contributed by atoms with E-state index in [0.29, 0.717) is 0 Å². The van der Waals surface area contributed by atoms with Crippen LogP contribution in [-0.2, 0) is 16.4 Å². The van der Waals surface area contributed by atoms with E-state index in [-0.39, 0.29) is 33.4 Å². The SMILES string of the molecule is CN(Cc1cc(S(=O)(=O)c2ccccc2)c(-c2ccccc2F)o1)C(=O)O. The van der Waals surface area contributed by atoms with E-state index in [1.54, 1.807) is 24.3 Å². The molecule has 0 aliphatic heterocycles. The van der Waals surface area contributed by atoms with Gasteiger partial charge < -0.3 is 14.4 Å². The molecule has 0 unspecified atom stereocenters. The second-order valence-electron chi connectivity index (χ2n) is 5.84. The molecule has 3 rings (SSSR count). The first kappa shape index (κ1) is 18.7. The highest BCUT2D eigenvalue weighted by Gasteiger charge is 2.28. The molecule has 1 heterocycles. The lowest BCUT2D eigenvalue weighted by Gasteiger charge is -2.09. The zero-order valence-electron chi connectivity index (χ0n) is 14.3. The summed E-state index contributed by atoms with van der Waals surface area (Å²) in [6.07, 6.45) is -1.20. The Morgan fingerprint density at radius 2 is 1.74 bits per heavy atom. The van der Waals surface area contributed by atoms with E-state index in [0.717, 1.165) is 4.90 Å². The van der Waals surface area contributed by atoms with E-state index in [4.69, 9.17) is 9.52 Å². The number of rotatable bonds is 5. The average Bonchev–Trinajstić information content (AvgIpc) is 3.07. The van der Waals surface area contributed by atoms with Crippen LogP contribution in [0.4, 0.5) is 9.18 Å². The molecule has 0 aliphatic carbocycles. The van der Waals surface area contributed by atoms with Gasteiger partial charge in [-0.05, 0) is 24.3 Å². The van der Waals surface area contributed by atoms with Crippen LogP contribution in [0.5, 0.6) is 0 Å². The van der Waals surface area contributed by atoms with Crippen molar-refractivity contribution in [1.29, 1.82) is 0 Å². The van der Waals surface area contributed by atoms with Crippen LogP contribution < -0.4 is 0 Å². The number of halogens is 1. The Morgan fingerprint density at radius 3 is 2.37 bits per heavy atom. The first-order valence-corrected chi connectivity index (χ1v) is 9.41. The van der Waals surface area contributed by atoms with Crippen LogP contribution in [-0.4, -0.2) is 31.6 Å². The number of carbonyl (C=O) groups is 1. The molecule has 8 heteroatoms. The second-order valence-corrected chi connectivity index (χ2v) is 7.76. The van der Waals surface area contributed by atoms with Crippen LogP contribution in [0.2, 0.25) is 0 Å². The van der Waals surface area contributed by atoms with Crippen LogP contribution in [0.3, 0.4) is 0 Å². The largest absolute Gasteiger partial charge is 0.465 e. The third-order valence-corrected chi connectivity index (χ3v) is 5.71. The molecule has 0 bridgehead atoms. The minimum Gasteiger partial charge on any atom is -0.465 e. The molecular formula is C19H16FNO5S. The molecule has 27 heavy (non-hydrogen) atoms. The molecule has 1 amide bonds. The molecule has 2 aromatic carbocycles. The van der Waals surface area contributed by atoms with E-state index in [9.17, 15) is 17.6 Å². The number of hydrogen-bond acceptors (Lipinski definition) is 4. The molecule has 1 N–H and O–H groups in total. The number of sulfone groups is 1. The Balaban J connectivity index is 2.18. The molecule has 140 valence electrons. The van der Waals surface area contributed by atoms with Gasteiger partial charge in [0.1, 0.15) is 16.5 Å². The average molecular weight is 389 g/mol. The molecule has 0 aliphatic rings. The van der Waals surface area contributed by atoms with Crippen LogP contribution in [0.1, 0.15) is 5.76 Å². The third kappa shape index (κ3) is 3.70. The highest BCUT2D eigenvalue weighted by atomic mass is 32.2. The zero-order chi connectivity index (χ0) is 19.6. The summed E-state index contributed by atoms with van der Waals surface area (Å²) in [6, 6.07) is 14.6. The van der Waals surface area contributed by atoms with Crippen LogP contribution >= 0.6 is 0 Å². The van der Waals surface area contributed by atoms with Gasteiger partial charge in [0.2, 0.25) is 9.84 Å². The Hall–Kier alpha value is -3.13. The van der Waals surface area contributed by atoms with Crippen molar-refractivity contribution in [3.8, 4) is 11.3 Å². The highest BCUT2D eigenvalue weighted by molar-refractivity contribution is 7.91. The maximum absolute atomic E-state index is 14.3. The summed E-state index contributed by atoms with van der Waals surface area (Å²) < 4.78 is 46.0. The number of benzene rings is 2. The van der Waals surface area contributed by atoms with E-state index >= 15 is 0 Å². The van der Waals surface area contributed by atoms with E-state index in [2.05, 4.69) is 0 Å². The smallest absolute Gasteiger partial charge is 0.407 e. The normalized spacial score (nSPS) is 11.3. The van der Waals surface area contributed by atoms with Gasteiger partial charge in [-0.2, -0.15) is 0 Å². The minimum atomic E-state index is -4.00. The molecule has 0 spiro atoms. The summed E-state index contributed by atoms with van der Waals surface area (Å²) in [5.74, 6) is -0.715. The van der Waals surface area contributed by atoms with Crippen LogP contribution in [0, 0.1) is 5.82 Å². The van der Waals surface area contributed by atoms with Gasteiger partial charge in [-0.1, -0.05) is 30.3 Å². The van der Waals surface area contributed by atoms with Gasteiger partial charge in [0.15, 0.2) is 5.76 Å². The Kier molecular flexibility index (Phi) is 5.00. The van der Waals surface area contributed by atoms with Crippen molar-refractivity contribution in [3.63, 3.8) is 0 Å². The van der Waals surface area contributed by atoms with Crippen molar-refractivity contribution in [1.82, 2.24) is 4.90 Å². The maximum atomic E-state index is 14.3. The van der Waals surface area contributed by atoms with E-state index in [1.165, 1.54) is 43.4 Å². The Labute approximate surface area is 155 Å². The highest BCUT2D eigenvalue weighted by Crippen LogP contribution is 2.36. The topological polar surface area (TPSA) is 87.8 Å². The summed E-state index contributed by atoms with van der Waals surface area (Å²) in [7, 11) is -2.68. The first-order chi connectivity index (χ1) is 12.8. The van der Waals surface area contributed by atoms with E-state index in [1.807, 2.05) is 0 Å². The quantitative estimate of drug-likeness (QED) is 0.712. The number of furan rings is 1. The fourth-order valence-corrected chi connectivity index (χ4v) is 4.01. The molecule has 0 radical (unpaired) electrons. The summed E-state index contributed by atoms with van der Waals surface area (Å²) in [5, 5.41) is 9.02. The molecule has 0 saturated heterocycles. The Morgan fingerprint density at radius 1 is 1.11 bits per heavy atom. The zero-order valence-corrected chi connectivity index (χ0v) is 15.1. The van der Waals surface area contributed by atoms with Gasteiger partial charge in [-0.3, -0.25) is 0 Å². The summed E-state index contributed by atoms with van der Waals surface area (Å²) in [6.45, 7) is -0.179. The van der Waals surface area contributed by atoms with Gasteiger partial charge in [0.25, 0.3) is 0 Å². The molecule has 0 fully saturated rings. The van der Waals surface area contributed by atoms with Crippen molar-refractivity contribution in [3.05, 3.63) is 72.2 Å². The van der Waals surface area contributed by atoms with Gasteiger partial charge in [0, 0.05) is 13.1 Å². The van der Waals surface area contributed by atoms with Crippen molar-refractivity contribution < 1.29 is 27.1 Å². The third-order valence-electron chi connectivity index (χ3n) is 3.93. The second kappa shape index (κ2) is 7.24. The van der Waals surface area contributed by atoms with Gasteiger partial charge >= 0.3 is 6.09 Å². The van der Waals surface area contributed by atoms with Crippen LogP contribution in [0.15, 0.2) is 74.9 Å². The fraction of sp³-hybridized carbons (Fsp3) is 0.105. The lowest BCUT2D eigenvalue weighted by Crippen LogP contribution is -2.23. The number of carboxylic acid groups (broad SMARTS) is 1. The Bertz CT molecular complexity index is 1080. The fourth-order valence-electron chi connectivity index (χ4n) is 2.56.